The lowest BCUT2D eigenvalue weighted by Gasteiger charge is -2.12. The minimum Gasteiger partial charge on any atom is -0.493 e. The molecular formula is C28H26N4O8. The smallest absolute Gasteiger partial charge is 0.248 e. The van der Waals surface area contributed by atoms with E-state index in [1.165, 1.54) is 42.7 Å². The first-order valence-electron chi connectivity index (χ1n) is 11.9. The molecule has 12 heteroatoms. The van der Waals surface area contributed by atoms with Crippen molar-refractivity contribution in [1.82, 2.24) is 20.4 Å². The van der Waals surface area contributed by atoms with Gasteiger partial charge in [0.15, 0.2) is 23.0 Å². The van der Waals surface area contributed by atoms with E-state index in [1.54, 1.807) is 24.3 Å². The SMILES string of the molecule is COc1cc(-c2nnc(-c3ccccc3-c3nnc(-c4cc(OC)c(OC)c(OC)c4)o3)o2)cc(OC)c1OC. The highest BCUT2D eigenvalue weighted by atomic mass is 16.5. The molecule has 12 nitrogen and oxygen atoms in total. The lowest BCUT2D eigenvalue weighted by Crippen LogP contribution is -1.95. The van der Waals surface area contributed by atoms with Crippen LogP contribution in [0.5, 0.6) is 34.5 Å². The topological polar surface area (TPSA) is 133 Å². The summed E-state index contributed by atoms with van der Waals surface area (Å²) in [5, 5.41) is 17.0. The van der Waals surface area contributed by atoms with Crippen molar-refractivity contribution < 1.29 is 37.3 Å². The highest BCUT2D eigenvalue weighted by Crippen LogP contribution is 2.43. The van der Waals surface area contributed by atoms with E-state index in [0.29, 0.717) is 56.8 Å². The molecule has 2 aromatic heterocycles. The van der Waals surface area contributed by atoms with Crippen molar-refractivity contribution in [1.29, 1.82) is 0 Å². The minimum absolute atomic E-state index is 0.256. The normalized spacial score (nSPS) is 10.8. The van der Waals surface area contributed by atoms with Crippen LogP contribution >= 0.6 is 0 Å². The first-order chi connectivity index (χ1) is 19.5. The summed E-state index contributed by atoms with van der Waals surface area (Å²) in [5.41, 5.74) is 2.39. The van der Waals surface area contributed by atoms with Gasteiger partial charge in [-0.25, -0.2) is 0 Å². The average molecular weight is 547 g/mol. The van der Waals surface area contributed by atoms with Crippen molar-refractivity contribution in [2.75, 3.05) is 42.7 Å². The summed E-state index contributed by atoms with van der Waals surface area (Å²) in [6.45, 7) is 0. The first-order valence-corrected chi connectivity index (χ1v) is 11.9. The van der Waals surface area contributed by atoms with Gasteiger partial charge in [0.05, 0.1) is 53.8 Å². The van der Waals surface area contributed by atoms with Crippen molar-refractivity contribution >= 4 is 0 Å². The quantitative estimate of drug-likeness (QED) is 0.229. The van der Waals surface area contributed by atoms with E-state index in [0.717, 1.165) is 0 Å². The molecule has 0 fully saturated rings. The van der Waals surface area contributed by atoms with Gasteiger partial charge in [-0.1, -0.05) is 12.1 Å². The van der Waals surface area contributed by atoms with Crippen molar-refractivity contribution in [3.8, 4) is 80.3 Å². The van der Waals surface area contributed by atoms with Crippen LogP contribution in [0.3, 0.4) is 0 Å². The summed E-state index contributed by atoms with van der Waals surface area (Å²) < 4.78 is 44.7. The third-order valence-corrected chi connectivity index (χ3v) is 6.06. The molecule has 5 aromatic rings. The lowest BCUT2D eigenvalue weighted by atomic mass is 10.1. The molecule has 0 spiro atoms. The molecule has 0 N–H and O–H groups in total. The molecule has 0 saturated carbocycles. The number of ether oxygens (including phenoxy) is 6. The highest BCUT2D eigenvalue weighted by molar-refractivity contribution is 5.77. The molecule has 0 aliphatic carbocycles. The molecule has 0 radical (unpaired) electrons. The van der Waals surface area contributed by atoms with Crippen LogP contribution in [-0.4, -0.2) is 63.1 Å². The summed E-state index contributed by atoms with van der Waals surface area (Å²) in [5.74, 6) is 3.78. The number of aromatic nitrogens is 4. The van der Waals surface area contributed by atoms with E-state index >= 15 is 0 Å². The van der Waals surface area contributed by atoms with Crippen molar-refractivity contribution in [2.45, 2.75) is 0 Å². The molecule has 206 valence electrons. The fraction of sp³-hybridized carbons (Fsp3) is 0.214. The number of benzene rings is 3. The molecule has 0 bridgehead atoms. The molecule has 3 aromatic carbocycles. The Hall–Kier alpha value is -5.26. The Bertz CT molecular complexity index is 1470. The van der Waals surface area contributed by atoms with E-state index in [-0.39, 0.29) is 23.6 Å². The largest absolute Gasteiger partial charge is 0.493 e. The Morgan fingerprint density at radius 2 is 0.775 bits per heavy atom. The number of methoxy groups -OCH3 is 6. The van der Waals surface area contributed by atoms with Crippen LogP contribution in [0.15, 0.2) is 57.4 Å². The van der Waals surface area contributed by atoms with Crippen LogP contribution < -0.4 is 28.4 Å². The van der Waals surface area contributed by atoms with Gasteiger partial charge >= 0.3 is 0 Å². The van der Waals surface area contributed by atoms with Gasteiger partial charge < -0.3 is 37.3 Å². The summed E-state index contributed by atoms with van der Waals surface area (Å²) in [4.78, 5) is 0. The monoisotopic (exact) mass is 546 g/mol. The molecular weight excluding hydrogens is 520 g/mol. The van der Waals surface area contributed by atoms with Gasteiger partial charge in [0, 0.05) is 11.1 Å². The summed E-state index contributed by atoms with van der Waals surface area (Å²) in [6.07, 6.45) is 0. The Labute approximate surface area is 229 Å². The van der Waals surface area contributed by atoms with Crippen LogP contribution in [0.2, 0.25) is 0 Å². The number of hydrogen-bond donors (Lipinski definition) is 0. The molecule has 0 unspecified atom stereocenters. The maximum absolute atomic E-state index is 6.06. The maximum atomic E-state index is 6.06. The van der Waals surface area contributed by atoms with Gasteiger partial charge in [-0.2, -0.15) is 0 Å². The van der Waals surface area contributed by atoms with Gasteiger partial charge in [-0.15, -0.1) is 20.4 Å². The predicted octanol–water partition coefficient (Wildman–Crippen LogP) is 5.17. The van der Waals surface area contributed by atoms with E-state index < -0.39 is 0 Å². The molecule has 0 atom stereocenters. The zero-order valence-corrected chi connectivity index (χ0v) is 22.7. The van der Waals surface area contributed by atoms with Crippen molar-refractivity contribution in [3.63, 3.8) is 0 Å². The van der Waals surface area contributed by atoms with Crippen molar-refractivity contribution in [3.05, 3.63) is 48.5 Å². The second-order valence-corrected chi connectivity index (χ2v) is 8.20. The Kier molecular flexibility index (Phi) is 7.40. The average Bonchev–Trinajstić information content (AvgIpc) is 3.70. The number of nitrogens with zero attached hydrogens (tertiary/aromatic N) is 4. The standard InChI is InChI=1S/C28H26N4O8/c1-33-19-11-15(12-20(34-2)23(19)37-5)25-29-31-27(39-25)17-9-7-8-10-18(17)28-32-30-26(40-28)16-13-21(35-3)24(38-6)22(14-16)36-4/h7-14H,1-6H3. The fourth-order valence-corrected chi connectivity index (χ4v) is 4.16. The molecule has 2 heterocycles. The first kappa shape index (κ1) is 26.4. The molecule has 40 heavy (non-hydrogen) atoms. The fourth-order valence-electron chi connectivity index (χ4n) is 4.16. The Morgan fingerprint density at radius 1 is 0.450 bits per heavy atom. The van der Waals surface area contributed by atoms with E-state index in [4.69, 9.17) is 37.3 Å². The summed E-state index contributed by atoms with van der Waals surface area (Å²) in [7, 11) is 9.21. The molecule has 0 aliphatic rings. The van der Waals surface area contributed by atoms with E-state index in [1.807, 2.05) is 24.3 Å². The van der Waals surface area contributed by atoms with Crippen LogP contribution in [0.4, 0.5) is 0 Å². The predicted molar refractivity (Wildman–Crippen MR) is 143 cm³/mol. The Balaban J connectivity index is 1.52. The molecule has 0 amide bonds. The second kappa shape index (κ2) is 11.2. The zero-order valence-electron chi connectivity index (χ0n) is 22.7. The van der Waals surface area contributed by atoms with E-state index in [9.17, 15) is 0 Å². The molecule has 5 rings (SSSR count). The summed E-state index contributed by atoms with van der Waals surface area (Å²) >= 11 is 0. The van der Waals surface area contributed by atoms with Crippen LogP contribution in [-0.2, 0) is 0 Å². The zero-order chi connectivity index (χ0) is 28.2. The number of rotatable bonds is 10. The lowest BCUT2D eigenvalue weighted by molar-refractivity contribution is 0.324. The van der Waals surface area contributed by atoms with Gasteiger partial charge in [0.25, 0.3) is 0 Å². The molecule has 0 aliphatic heterocycles. The van der Waals surface area contributed by atoms with Crippen LogP contribution in [0.25, 0.3) is 45.8 Å². The minimum atomic E-state index is 0.256. The third-order valence-electron chi connectivity index (χ3n) is 6.06. The van der Waals surface area contributed by atoms with Crippen molar-refractivity contribution in [2.24, 2.45) is 0 Å². The van der Waals surface area contributed by atoms with Crippen LogP contribution in [0, 0.1) is 0 Å². The third kappa shape index (κ3) is 4.70. The summed E-state index contributed by atoms with van der Waals surface area (Å²) in [6, 6.07) is 14.3. The number of hydrogen-bond acceptors (Lipinski definition) is 12. The Morgan fingerprint density at radius 3 is 1.07 bits per heavy atom. The van der Waals surface area contributed by atoms with Gasteiger partial charge in [-0.05, 0) is 36.4 Å². The highest BCUT2D eigenvalue weighted by Gasteiger charge is 2.22. The second-order valence-electron chi connectivity index (χ2n) is 8.20. The van der Waals surface area contributed by atoms with Gasteiger partial charge in [0.2, 0.25) is 35.1 Å². The molecule has 0 saturated heterocycles. The van der Waals surface area contributed by atoms with E-state index in [2.05, 4.69) is 20.4 Å². The van der Waals surface area contributed by atoms with Crippen LogP contribution in [0.1, 0.15) is 0 Å². The van der Waals surface area contributed by atoms with Gasteiger partial charge in [0.1, 0.15) is 0 Å². The van der Waals surface area contributed by atoms with Gasteiger partial charge in [-0.3, -0.25) is 0 Å². The maximum Gasteiger partial charge on any atom is 0.248 e.